The van der Waals surface area contributed by atoms with Crippen LogP contribution in [0.5, 0.6) is 0 Å². The second-order valence-corrected chi connectivity index (χ2v) is 10.8. The first-order valence-electron chi connectivity index (χ1n) is 10.8. The summed E-state index contributed by atoms with van der Waals surface area (Å²) in [5, 5.41) is 13.3. The van der Waals surface area contributed by atoms with Crippen molar-refractivity contribution in [1.29, 1.82) is 0 Å². The summed E-state index contributed by atoms with van der Waals surface area (Å²) >= 11 is 1.46. The Kier molecular flexibility index (Phi) is 8.76. The SMILES string of the molecule is CSCC[C@H](NS(=O)(=O)c1cccc2c(N(C)C)cccc12)C(=O)N[C@@H](Cc1cnc[nH]1)C(=O)O. The second kappa shape index (κ2) is 11.6. The van der Waals surface area contributed by atoms with Crippen molar-refractivity contribution in [2.45, 2.75) is 29.8 Å². The molecule has 3 aromatic rings. The van der Waals surface area contributed by atoms with Crippen molar-refractivity contribution in [3.05, 3.63) is 54.6 Å². The van der Waals surface area contributed by atoms with Gasteiger partial charge in [-0.15, -0.1) is 0 Å². The van der Waals surface area contributed by atoms with Crippen LogP contribution in [0.25, 0.3) is 10.8 Å². The summed E-state index contributed by atoms with van der Waals surface area (Å²) in [5.74, 6) is -1.44. The number of aromatic nitrogens is 2. The van der Waals surface area contributed by atoms with Gasteiger partial charge in [0.05, 0.1) is 11.2 Å². The smallest absolute Gasteiger partial charge is 0.326 e. The number of sulfonamides is 1. The van der Waals surface area contributed by atoms with Crippen molar-refractivity contribution in [2.75, 3.05) is 31.0 Å². The second-order valence-electron chi connectivity index (χ2n) is 8.16. The Labute approximate surface area is 208 Å². The van der Waals surface area contributed by atoms with Gasteiger partial charge in [0, 0.05) is 48.9 Å². The van der Waals surface area contributed by atoms with Crippen LogP contribution in [0.1, 0.15) is 12.1 Å². The molecule has 35 heavy (non-hydrogen) atoms. The fourth-order valence-corrected chi connectivity index (χ4v) is 5.63. The molecule has 0 fully saturated rings. The average molecular weight is 520 g/mol. The van der Waals surface area contributed by atoms with Crippen LogP contribution in [0.2, 0.25) is 0 Å². The number of nitrogens with zero attached hydrogens (tertiary/aromatic N) is 2. The molecule has 1 aromatic heterocycles. The standard InChI is InChI=1S/C23H29N5O5S2/c1-28(2)20-8-4-7-17-16(20)6-5-9-21(17)35(32,33)27-18(10-11-34-3)22(29)26-19(23(30)31)12-15-13-24-14-25-15/h4-9,13-14,18-19,27H,10-12H2,1-3H3,(H,24,25)(H,26,29)(H,30,31)/t18-,19-/m0/s1. The zero-order valence-corrected chi connectivity index (χ0v) is 21.3. The number of carboxylic acid groups (broad SMARTS) is 1. The highest BCUT2D eigenvalue weighted by Crippen LogP contribution is 2.30. The quantitative estimate of drug-likeness (QED) is 0.284. The molecule has 3 rings (SSSR count). The molecule has 0 aliphatic heterocycles. The van der Waals surface area contributed by atoms with E-state index in [4.69, 9.17) is 0 Å². The third kappa shape index (κ3) is 6.53. The van der Waals surface area contributed by atoms with Gasteiger partial charge >= 0.3 is 5.97 Å². The number of hydrogen-bond donors (Lipinski definition) is 4. The molecular formula is C23H29N5O5S2. The molecule has 12 heteroatoms. The number of benzene rings is 2. The molecule has 10 nitrogen and oxygen atoms in total. The van der Waals surface area contributed by atoms with Crippen LogP contribution in [0.15, 0.2) is 53.8 Å². The Morgan fingerprint density at radius 2 is 1.86 bits per heavy atom. The summed E-state index contributed by atoms with van der Waals surface area (Å²) in [4.78, 5) is 33.4. The van der Waals surface area contributed by atoms with Gasteiger partial charge in [-0.25, -0.2) is 18.2 Å². The molecule has 2 aromatic carbocycles. The van der Waals surface area contributed by atoms with Crippen molar-refractivity contribution in [1.82, 2.24) is 20.0 Å². The van der Waals surface area contributed by atoms with Crippen LogP contribution in [-0.2, 0) is 26.0 Å². The Morgan fingerprint density at radius 1 is 1.14 bits per heavy atom. The van der Waals surface area contributed by atoms with E-state index in [0.29, 0.717) is 16.8 Å². The molecule has 0 spiro atoms. The number of rotatable bonds is 12. The number of carboxylic acids is 1. The highest BCUT2D eigenvalue weighted by Gasteiger charge is 2.30. The van der Waals surface area contributed by atoms with Gasteiger partial charge in [-0.2, -0.15) is 16.5 Å². The maximum Gasteiger partial charge on any atom is 0.326 e. The van der Waals surface area contributed by atoms with Gasteiger partial charge in [-0.3, -0.25) is 4.79 Å². The minimum Gasteiger partial charge on any atom is -0.480 e. The Balaban J connectivity index is 1.89. The van der Waals surface area contributed by atoms with E-state index >= 15 is 0 Å². The monoisotopic (exact) mass is 519 g/mol. The number of carbonyl (C=O) groups excluding carboxylic acids is 1. The number of aliphatic carboxylic acids is 1. The topological polar surface area (TPSA) is 144 Å². The van der Waals surface area contributed by atoms with Crippen molar-refractivity contribution >= 4 is 50.1 Å². The molecule has 0 bridgehead atoms. The van der Waals surface area contributed by atoms with Crippen molar-refractivity contribution in [3.63, 3.8) is 0 Å². The van der Waals surface area contributed by atoms with Crippen molar-refractivity contribution in [2.24, 2.45) is 0 Å². The molecule has 0 unspecified atom stereocenters. The Morgan fingerprint density at radius 3 is 2.49 bits per heavy atom. The van der Waals surface area contributed by atoms with E-state index in [0.717, 1.165) is 11.1 Å². The molecule has 0 saturated carbocycles. The van der Waals surface area contributed by atoms with Gasteiger partial charge in [0.1, 0.15) is 12.1 Å². The first-order chi connectivity index (χ1) is 16.6. The third-order valence-corrected chi connectivity index (χ3v) is 7.62. The van der Waals surface area contributed by atoms with Gasteiger partial charge in [-0.1, -0.05) is 24.3 Å². The number of imidazole rings is 1. The van der Waals surface area contributed by atoms with E-state index in [1.807, 2.05) is 37.4 Å². The molecular weight excluding hydrogens is 490 g/mol. The van der Waals surface area contributed by atoms with Crippen LogP contribution < -0.4 is 14.9 Å². The number of H-pyrrole nitrogens is 1. The lowest BCUT2D eigenvalue weighted by Crippen LogP contribution is -2.52. The van der Waals surface area contributed by atoms with Gasteiger partial charge < -0.3 is 20.3 Å². The van der Waals surface area contributed by atoms with Crippen molar-refractivity contribution < 1.29 is 23.1 Å². The fourth-order valence-electron chi connectivity index (χ4n) is 3.71. The summed E-state index contributed by atoms with van der Waals surface area (Å²) in [7, 11) is -0.364. The average Bonchev–Trinajstić information content (AvgIpc) is 3.33. The molecule has 0 radical (unpaired) electrons. The van der Waals surface area contributed by atoms with Gasteiger partial charge in [-0.05, 0) is 30.6 Å². The number of anilines is 1. The lowest BCUT2D eigenvalue weighted by Gasteiger charge is -2.22. The number of fused-ring (bicyclic) bond motifs is 1. The summed E-state index contributed by atoms with van der Waals surface area (Å²) in [6.45, 7) is 0. The minimum absolute atomic E-state index is 0.0142. The number of thioether (sulfide) groups is 1. The summed E-state index contributed by atoms with van der Waals surface area (Å²) in [6.07, 6.45) is 4.90. The highest BCUT2D eigenvalue weighted by molar-refractivity contribution is 7.98. The van der Waals surface area contributed by atoms with E-state index in [1.54, 1.807) is 18.2 Å². The molecule has 2 atom stereocenters. The van der Waals surface area contributed by atoms with E-state index in [-0.39, 0.29) is 17.7 Å². The van der Waals surface area contributed by atoms with Crippen LogP contribution in [0.3, 0.4) is 0 Å². The summed E-state index contributed by atoms with van der Waals surface area (Å²) < 4.78 is 29.4. The lowest BCUT2D eigenvalue weighted by molar-refractivity contribution is -0.142. The normalized spacial score (nSPS) is 13.3. The minimum atomic E-state index is -4.11. The highest BCUT2D eigenvalue weighted by atomic mass is 32.2. The van der Waals surface area contributed by atoms with Gasteiger partial charge in [0.15, 0.2) is 0 Å². The predicted octanol–water partition coefficient (Wildman–Crippen LogP) is 1.84. The molecule has 0 aliphatic rings. The third-order valence-electron chi connectivity index (χ3n) is 5.45. The number of hydrogen-bond acceptors (Lipinski definition) is 7. The van der Waals surface area contributed by atoms with Crippen LogP contribution in [0, 0.1) is 0 Å². The number of nitrogens with one attached hydrogen (secondary N) is 3. The molecule has 0 aliphatic carbocycles. The lowest BCUT2D eigenvalue weighted by atomic mass is 10.1. The zero-order valence-electron chi connectivity index (χ0n) is 19.7. The first kappa shape index (κ1) is 26.5. The summed E-state index contributed by atoms with van der Waals surface area (Å²) in [5.41, 5.74) is 1.39. The predicted molar refractivity (Wildman–Crippen MR) is 137 cm³/mol. The van der Waals surface area contributed by atoms with Crippen LogP contribution in [0.4, 0.5) is 5.69 Å². The van der Waals surface area contributed by atoms with E-state index in [9.17, 15) is 23.1 Å². The molecule has 1 heterocycles. The molecule has 1 amide bonds. The Hall–Kier alpha value is -3.09. The van der Waals surface area contributed by atoms with E-state index in [2.05, 4.69) is 20.0 Å². The number of amides is 1. The molecule has 188 valence electrons. The number of carbonyl (C=O) groups is 2. The maximum atomic E-state index is 13.4. The fraction of sp³-hybridized carbons (Fsp3) is 0.348. The zero-order chi connectivity index (χ0) is 25.6. The van der Waals surface area contributed by atoms with Gasteiger partial charge in [0.25, 0.3) is 0 Å². The summed E-state index contributed by atoms with van der Waals surface area (Å²) in [6, 6.07) is 7.99. The molecule has 0 saturated heterocycles. The van der Waals surface area contributed by atoms with E-state index < -0.39 is 34.0 Å². The van der Waals surface area contributed by atoms with Crippen LogP contribution in [-0.4, -0.2) is 73.6 Å². The first-order valence-corrected chi connectivity index (χ1v) is 13.7. The van der Waals surface area contributed by atoms with Gasteiger partial charge in [0.2, 0.25) is 15.9 Å². The number of aromatic amines is 1. The largest absolute Gasteiger partial charge is 0.480 e. The Bertz CT molecular complexity index is 1280. The van der Waals surface area contributed by atoms with Crippen molar-refractivity contribution in [3.8, 4) is 0 Å². The molecule has 4 N–H and O–H groups in total. The van der Waals surface area contributed by atoms with E-state index in [1.165, 1.54) is 30.4 Å². The maximum absolute atomic E-state index is 13.4. The van der Waals surface area contributed by atoms with Crippen LogP contribution >= 0.6 is 11.8 Å².